The molecule has 0 saturated heterocycles. The highest BCUT2D eigenvalue weighted by molar-refractivity contribution is 5.95. The second kappa shape index (κ2) is 6.33. The van der Waals surface area contributed by atoms with Gasteiger partial charge in [0.2, 0.25) is 0 Å². The van der Waals surface area contributed by atoms with Gasteiger partial charge in [-0.25, -0.2) is 4.79 Å². The second-order valence-corrected chi connectivity index (χ2v) is 3.67. The fourth-order valence-corrected chi connectivity index (χ4v) is 1.37. The van der Waals surface area contributed by atoms with E-state index < -0.39 is 42.0 Å². The number of aromatic nitrogens is 1. The number of methoxy groups -OCH3 is 1. The number of hydrogen-bond acceptors (Lipinski definition) is 4. The summed E-state index contributed by atoms with van der Waals surface area (Å²) in [5.41, 5.74) is -2.01. The number of amides is 1. The maximum Gasteiger partial charge on any atom is 0.434 e. The Hall–Kier alpha value is -2.16. The van der Waals surface area contributed by atoms with Gasteiger partial charge in [0.25, 0.3) is 5.91 Å². The minimum Gasteiger partial charge on any atom is -0.479 e. The van der Waals surface area contributed by atoms with Crippen molar-refractivity contribution in [1.29, 1.82) is 0 Å². The third-order valence-corrected chi connectivity index (χ3v) is 2.33. The third kappa shape index (κ3) is 3.92. The third-order valence-electron chi connectivity index (χ3n) is 2.33. The summed E-state index contributed by atoms with van der Waals surface area (Å²) in [4.78, 5) is 25.4. The van der Waals surface area contributed by atoms with Gasteiger partial charge in [0.05, 0.1) is 12.1 Å². The lowest BCUT2D eigenvalue weighted by Crippen LogP contribution is -2.38. The van der Waals surface area contributed by atoms with E-state index in [0.29, 0.717) is 0 Å². The van der Waals surface area contributed by atoms with Gasteiger partial charge in [0.1, 0.15) is 0 Å². The van der Waals surface area contributed by atoms with Gasteiger partial charge in [-0.3, -0.25) is 9.78 Å². The van der Waals surface area contributed by atoms with E-state index in [2.05, 4.69) is 15.0 Å². The summed E-state index contributed by atoms with van der Waals surface area (Å²) in [6.07, 6.45) is -5.21. The highest BCUT2D eigenvalue weighted by Gasteiger charge is 2.37. The Morgan fingerprint density at radius 1 is 1.50 bits per heavy atom. The number of nitrogens with one attached hydrogen (secondary N) is 1. The van der Waals surface area contributed by atoms with E-state index in [1.807, 2.05) is 0 Å². The van der Waals surface area contributed by atoms with Crippen LogP contribution in [0.1, 0.15) is 16.1 Å². The van der Waals surface area contributed by atoms with Crippen molar-refractivity contribution in [3.05, 3.63) is 29.6 Å². The van der Waals surface area contributed by atoms with E-state index in [-0.39, 0.29) is 0 Å². The summed E-state index contributed by atoms with van der Waals surface area (Å²) in [6.45, 7) is -0.461. The molecule has 110 valence electrons. The molecule has 1 rings (SSSR count). The molecule has 1 unspecified atom stereocenters. The van der Waals surface area contributed by atoms with Crippen molar-refractivity contribution >= 4 is 11.9 Å². The maximum absolute atomic E-state index is 12.6. The summed E-state index contributed by atoms with van der Waals surface area (Å²) >= 11 is 0. The molecule has 0 aliphatic heterocycles. The quantitative estimate of drug-likeness (QED) is 0.843. The van der Waals surface area contributed by atoms with E-state index in [1.54, 1.807) is 0 Å². The smallest absolute Gasteiger partial charge is 0.434 e. The van der Waals surface area contributed by atoms with Crippen molar-refractivity contribution in [2.24, 2.45) is 0 Å². The molecule has 1 aromatic rings. The molecular formula is C11H11F3N2O4. The number of rotatable bonds is 5. The van der Waals surface area contributed by atoms with Crippen molar-refractivity contribution in [3.8, 4) is 0 Å². The topological polar surface area (TPSA) is 88.5 Å². The lowest BCUT2D eigenvalue weighted by Gasteiger charge is -2.14. The molecule has 0 bridgehead atoms. The zero-order chi connectivity index (χ0) is 15.3. The van der Waals surface area contributed by atoms with Crippen LogP contribution in [0.25, 0.3) is 0 Å². The first-order valence-electron chi connectivity index (χ1n) is 5.33. The average molecular weight is 292 g/mol. The number of ether oxygens (including phenoxy) is 1. The van der Waals surface area contributed by atoms with Crippen LogP contribution in [-0.2, 0) is 15.7 Å². The summed E-state index contributed by atoms with van der Waals surface area (Å²) in [5, 5.41) is 10.7. The molecule has 1 atom stereocenters. The van der Waals surface area contributed by atoms with Crippen LogP contribution in [0, 0.1) is 0 Å². The van der Waals surface area contributed by atoms with Crippen LogP contribution in [0.2, 0.25) is 0 Å². The molecule has 0 spiro atoms. The lowest BCUT2D eigenvalue weighted by atomic mass is 10.1. The van der Waals surface area contributed by atoms with E-state index >= 15 is 0 Å². The lowest BCUT2D eigenvalue weighted by molar-refractivity contribution is -0.148. The molecule has 1 heterocycles. The van der Waals surface area contributed by atoms with Crippen molar-refractivity contribution in [2.45, 2.75) is 12.3 Å². The Labute approximate surface area is 111 Å². The monoisotopic (exact) mass is 292 g/mol. The molecule has 0 aromatic carbocycles. The van der Waals surface area contributed by atoms with Crippen LogP contribution in [0.3, 0.4) is 0 Å². The number of nitrogens with zero attached hydrogens (tertiary/aromatic N) is 1. The fourth-order valence-electron chi connectivity index (χ4n) is 1.37. The standard InChI is InChI=1S/C11H11F3N2O4/c1-20-7(10(18)19)5-16-9(17)6-3-2-4-15-8(6)11(12,13)14/h2-4,7H,5H2,1H3,(H,16,17)(H,18,19). The van der Waals surface area contributed by atoms with Gasteiger partial charge in [0, 0.05) is 13.3 Å². The van der Waals surface area contributed by atoms with Gasteiger partial charge in [0.15, 0.2) is 11.8 Å². The molecule has 1 aromatic heterocycles. The fraction of sp³-hybridized carbons (Fsp3) is 0.364. The molecule has 2 N–H and O–H groups in total. The predicted molar refractivity (Wildman–Crippen MR) is 60.0 cm³/mol. The molecule has 20 heavy (non-hydrogen) atoms. The summed E-state index contributed by atoms with van der Waals surface area (Å²) < 4.78 is 42.5. The number of carbonyl (C=O) groups excluding carboxylic acids is 1. The number of carboxylic acid groups (broad SMARTS) is 1. The van der Waals surface area contributed by atoms with Gasteiger partial charge in [-0.2, -0.15) is 13.2 Å². The van der Waals surface area contributed by atoms with Crippen LogP contribution in [0.4, 0.5) is 13.2 Å². The number of pyridine rings is 1. The maximum atomic E-state index is 12.6. The molecule has 0 aliphatic carbocycles. The molecule has 0 fully saturated rings. The Kier molecular flexibility index (Phi) is 5.03. The number of carboxylic acids is 1. The molecule has 9 heteroatoms. The molecule has 0 aliphatic rings. The van der Waals surface area contributed by atoms with Gasteiger partial charge in [-0.05, 0) is 12.1 Å². The molecule has 0 saturated carbocycles. The molecular weight excluding hydrogens is 281 g/mol. The Bertz CT molecular complexity index is 505. The number of alkyl halides is 3. The van der Waals surface area contributed by atoms with E-state index in [1.165, 1.54) is 6.07 Å². The minimum absolute atomic E-state index is 0.461. The van der Waals surface area contributed by atoms with Crippen molar-refractivity contribution in [2.75, 3.05) is 13.7 Å². The highest BCUT2D eigenvalue weighted by Crippen LogP contribution is 2.29. The SMILES string of the molecule is COC(CNC(=O)c1cccnc1C(F)(F)F)C(=O)O. The largest absolute Gasteiger partial charge is 0.479 e. The number of carbonyl (C=O) groups is 2. The van der Waals surface area contributed by atoms with Crippen LogP contribution in [-0.4, -0.2) is 41.7 Å². The van der Waals surface area contributed by atoms with Crippen LogP contribution < -0.4 is 5.32 Å². The van der Waals surface area contributed by atoms with Crippen LogP contribution >= 0.6 is 0 Å². The molecule has 1 amide bonds. The van der Waals surface area contributed by atoms with Crippen molar-refractivity contribution in [3.63, 3.8) is 0 Å². The summed E-state index contributed by atoms with van der Waals surface area (Å²) in [6, 6.07) is 2.13. The average Bonchev–Trinajstić information content (AvgIpc) is 2.37. The Morgan fingerprint density at radius 3 is 2.65 bits per heavy atom. The first kappa shape index (κ1) is 15.9. The second-order valence-electron chi connectivity index (χ2n) is 3.67. The Morgan fingerprint density at radius 2 is 2.15 bits per heavy atom. The van der Waals surface area contributed by atoms with Crippen molar-refractivity contribution < 1.29 is 32.6 Å². The van der Waals surface area contributed by atoms with E-state index in [9.17, 15) is 22.8 Å². The first-order chi connectivity index (χ1) is 9.27. The zero-order valence-electron chi connectivity index (χ0n) is 10.3. The zero-order valence-corrected chi connectivity index (χ0v) is 10.3. The van der Waals surface area contributed by atoms with Crippen LogP contribution in [0.15, 0.2) is 18.3 Å². The van der Waals surface area contributed by atoms with Gasteiger partial charge in [-0.1, -0.05) is 0 Å². The number of halogens is 3. The summed E-state index contributed by atoms with van der Waals surface area (Å²) in [7, 11) is 1.11. The summed E-state index contributed by atoms with van der Waals surface area (Å²) in [5.74, 6) is -2.41. The van der Waals surface area contributed by atoms with E-state index in [0.717, 1.165) is 19.4 Å². The highest BCUT2D eigenvalue weighted by atomic mass is 19.4. The first-order valence-corrected chi connectivity index (χ1v) is 5.33. The minimum atomic E-state index is -4.78. The van der Waals surface area contributed by atoms with E-state index in [4.69, 9.17) is 5.11 Å². The van der Waals surface area contributed by atoms with Crippen molar-refractivity contribution in [1.82, 2.24) is 10.3 Å². The number of aliphatic carboxylic acids is 1. The van der Waals surface area contributed by atoms with Gasteiger partial charge in [-0.15, -0.1) is 0 Å². The van der Waals surface area contributed by atoms with Gasteiger partial charge < -0.3 is 15.2 Å². The number of hydrogen-bond donors (Lipinski definition) is 2. The Balaban J connectivity index is 2.86. The molecule has 0 radical (unpaired) electrons. The predicted octanol–water partition coefficient (Wildman–Crippen LogP) is 0.930. The molecule has 6 nitrogen and oxygen atoms in total. The van der Waals surface area contributed by atoms with Gasteiger partial charge >= 0.3 is 12.1 Å². The van der Waals surface area contributed by atoms with Crippen LogP contribution in [0.5, 0.6) is 0 Å². The normalized spacial score (nSPS) is 12.8.